The van der Waals surface area contributed by atoms with Gasteiger partial charge in [-0.2, -0.15) is 5.10 Å². The molecule has 3 aromatic rings. The second kappa shape index (κ2) is 8.83. The van der Waals surface area contributed by atoms with Crippen molar-refractivity contribution in [3.63, 3.8) is 0 Å². The van der Waals surface area contributed by atoms with Crippen LogP contribution in [0.4, 0.5) is 5.69 Å². The Bertz CT molecular complexity index is 1080. The molecule has 0 unspecified atom stereocenters. The first kappa shape index (κ1) is 21.6. The van der Waals surface area contributed by atoms with Gasteiger partial charge in [-0.15, -0.1) is 0 Å². The van der Waals surface area contributed by atoms with Crippen LogP contribution in [0.25, 0.3) is 11.0 Å². The van der Waals surface area contributed by atoms with Crippen molar-refractivity contribution in [2.75, 3.05) is 25.0 Å². The van der Waals surface area contributed by atoms with E-state index in [0.29, 0.717) is 18.5 Å². The molecule has 4 rings (SSSR count). The molecule has 1 atom stereocenters. The van der Waals surface area contributed by atoms with E-state index in [1.165, 1.54) is 5.52 Å². The van der Waals surface area contributed by atoms with Crippen LogP contribution in [0.2, 0.25) is 0 Å². The van der Waals surface area contributed by atoms with E-state index in [1.807, 2.05) is 24.6 Å². The maximum atomic E-state index is 12.8. The summed E-state index contributed by atoms with van der Waals surface area (Å²) in [5.41, 5.74) is 4.98. The highest BCUT2D eigenvalue weighted by Gasteiger charge is 2.28. The first-order chi connectivity index (χ1) is 14.9. The number of hydrogen-bond acceptors (Lipinski definition) is 4. The number of aromatic nitrogens is 4. The SMILES string of the molecule is CCn1nc(C)c(NC(=O)CN2CCC[C@H](c3nc4ccccc4n3C(C)C)C2)c1C. The van der Waals surface area contributed by atoms with Crippen LogP contribution in [-0.4, -0.2) is 49.8 Å². The maximum Gasteiger partial charge on any atom is 0.238 e. The van der Waals surface area contributed by atoms with Crippen LogP contribution in [-0.2, 0) is 11.3 Å². The number of fused-ring (bicyclic) bond motifs is 1. The lowest BCUT2D eigenvalue weighted by atomic mass is 9.96. The van der Waals surface area contributed by atoms with Crippen molar-refractivity contribution >= 4 is 22.6 Å². The molecular weight excluding hydrogens is 388 g/mol. The molecule has 1 saturated heterocycles. The number of carbonyl (C=O) groups excluding carboxylic acids is 1. The van der Waals surface area contributed by atoms with E-state index in [0.717, 1.165) is 60.9 Å². The van der Waals surface area contributed by atoms with Crippen LogP contribution >= 0.6 is 0 Å². The molecule has 1 amide bonds. The highest BCUT2D eigenvalue weighted by molar-refractivity contribution is 5.93. The number of imidazole rings is 1. The molecule has 0 radical (unpaired) electrons. The number of aryl methyl sites for hydroxylation is 2. The number of piperidine rings is 1. The lowest BCUT2D eigenvalue weighted by Gasteiger charge is -2.32. The summed E-state index contributed by atoms with van der Waals surface area (Å²) >= 11 is 0. The Balaban J connectivity index is 1.48. The van der Waals surface area contributed by atoms with Crippen molar-refractivity contribution < 1.29 is 4.79 Å². The van der Waals surface area contributed by atoms with Gasteiger partial charge in [0.1, 0.15) is 5.82 Å². The fourth-order valence-electron chi connectivity index (χ4n) is 4.87. The Hall–Kier alpha value is -2.67. The highest BCUT2D eigenvalue weighted by Crippen LogP contribution is 2.31. The number of nitrogens with one attached hydrogen (secondary N) is 1. The molecule has 166 valence electrons. The zero-order valence-corrected chi connectivity index (χ0v) is 19.4. The van der Waals surface area contributed by atoms with Gasteiger partial charge in [0, 0.05) is 25.0 Å². The van der Waals surface area contributed by atoms with Gasteiger partial charge in [-0.3, -0.25) is 14.4 Å². The monoisotopic (exact) mass is 422 g/mol. The van der Waals surface area contributed by atoms with Crippen molar-refractivity contribution in [2.45, 2.75) is 66.0 Å². The second-order valence-electron chi connectivity index (χ2n) is 8.91. The van der Waals surface area contributed by atoms with E-state index >= 15 is 0 Å². The van der Waals surface area contributed by atoms with E-state index in [2.05, 4.69) is 58.9 Å². The largest absolute Gasteiger partial charge is 0.325 e. The van der Waals surface area contributed by atoms with E-state index in [4.69, 9.17) is 4.98 Å². The highest BCUT2D eigenvalue weighted by atomic mass is 16.2. The molecule has 31 heavy (non-hydrogen) atoms. The molecule has 7 heteroatoms. The summed E-state index contributed by atoms with van der Waals surface area (Å²) in [6.45, 7) is 13.4. The van der Waals surface area contributed by atoms with Gasteiger partial charge < -0.3 is 9.88 Å². The summed E-state index contributed by atoms with van der Waals surface area (Å²) in [5, 5.41) is 7.61. The minimum atomic E-state index is 0.0277. The third-order valence-electron chi connectivity index (χ3n) is 6.32. The molecule has 2 aromatic heterocycles. The molecule has 1 aromatic carbocycles. The van der Waals surface area contributed by atoms with Gasteiger partial charge in [-0.05, 0) is 66.1 Å². The quantitative estimate of drug-likeness (QED) is 0.644. The van der Waals surface area contributed by atoms with E-state index in [9.17, 15) is 4.79 Å². The van der Waals surface area contributed by atoms with Crippen LogP contribution < -0.4 is 5.32 Å². The molecule has 1 aliphatic heterocycles. The fraction of sp³-hybridized carbons (Fsp3) is 0.542. The molecular formula is C24H34N6O. The fourth-order valence-corrected chi connectivity index (χ4v) is 4.87. The number of likely N-dealkylation sites (tertiary alicyclic amines) is 1. The third-order valence-corrected chi connectivity index (χ3v) is 6.32. The maximum absolute atomic E-state index is 12.8. The minimum absolute atomic E-state index is 0.0277. The summed E-state index contributed by atoms with van der Waals surface area (Å²) in [5.74, 6) is 1.51. The zero-order chi connectivity index (χ0) is 22.1. The number of rotatable bonds is 6. The van der Waals surface area contributed by atoms with Gasteiger partial charge in [-0.1, -0.05) is 12.1 Å². The number of carbonyl (C=O) groups is 1. The molecule has 7 nitrogen and oxygen atoms in total. The predicted octanol–water partition coefficient (Wildman–Crippen LogP) is 4.27. The molecule has 0 bridgehead atoms. The Morgan fingerprint density at radius 2 is 2.03 bits per heavy atom. The third kappa shape index (κ3) is 4.24. The molecule has 1 N–H and O–H groups in total. The topological polar surface area (TPSA) is 68.0 Å². The lowest BCUT2D eigenvalue weighted by Crippen LogP contribution is -2.40. The van der Waals surface area contributed by atoms with Gasteiger partial charge >= 0.3 is 0 Å². The number of hydrogen-bond donors (Lipinski definition) is 1. The molecule has 0 saturated carbocycles. The Morgan fingerprint density at radius 3 is 2.74 bits per heavy atom. The minimum Gasteiger partial charge on any atom is -0.325 e. The Morgan fingerprint density at radius 1 is 1.26 bits per heavy atom. The van der Waals surface area contributed by atoms with Crippen molar-refractivity contribution in [2.24, 2.45) is 0 Å². The van der Waals surface area contributed by atoms with Crippen LogP contribution in [0.3, 0.4) is 0 Å². The van der Waals surface area contributed by atoms with Crippen molar-refractivity contribution in [1.82, 2.24) is 24.2 Å². The lowest BCUT2D eigenvalue weighted by molar-refractivity contribution is -0.117. The van der Waals surface area contributed by atoms with Gasteiger partial charge in [0.15, 0.2) is 0 Å². The number of para-hydroxylation sites is 2. The summed E-state index contributed by atoms with van der Waals surface area (Å²) in [6.07, 6.45) is 2.18. The van der Waals surface area contributed by atoms with Crippen molar-refractivity contribution in [3.8, 4) is 0 Å². The smallest absolute Gasteiger partial charge is 0.238 e. The average Bonchev–Trinajstić information content (AvgIpc) is 3.27. The first-order valence-electron chi connectivity index (χ1n) is 11.4. The molecule has 1 aliphatic rings. The summed E-state index contributed by atoms with van der Waals surface area (Å²) in [6, 6.07) is 8.72. The van der Waals surface area contributed by atoms with Crippen molar-refractivity contribution in [1.29, 1.82) is 0 Å². The van der Waals surface area contributed by atoms with E-state index in [-0.39, 0.29) is 5.91 Å². The van der Waals surface area contributed by atoms with Crippen LogP contribution in [0.1, 0.15) is 62.8 Å². The first-order valence-corrected chi connectivity index (χ1v) is 11.4. The Kier molecular flexibility index (Phi) is 6.14. The Labute approximate surface area is 184 Å². The average molecular weight is 423 g/mol. The van der Waals surface area contributed by atoms with Crippen LogP contribution in [0.5, 0.6) is 0 Å². The van der Waals surface area contributed by atoms with Gasteiger partial charge in [0.2, 0.25) is 5.91 Å². The van der Waals surface area contributed by atoms with E-state index < -0.39 is 0 Å². The summed E-state index contributed by atoms with van der Waals surface area (Å²) in [4.78, 5) is 20.1. The van der Waals surface area contributed by atoms with E-state index in [1.54, 1.807) is 0 Å². The predicted molar refractivity (Wildman–Crippen MR) is 125 cm³/mol. The molecule has 1 fully saturated rings. The number of benzene rings is 1. The number of amides is 1. The number of anilines is 1. The molecule has 0 aliphatic carbocycles. The zero-order valence-electron chi connectivity index (χ0n) is 19.4. The van der Waals surface area contributed by atoms with Gasteiger partial charge in [-0.25, -0.2) is 4.98 Å². The van der Waals surface area contributed by atoms with Crippen molar-refractivity contribution in [3.05, 3.63) is 41.5 Å². The normalized spacial score (nSPS) is 17.5. The number of nitrogens with zero attached hydrogens (tertiary/aromatic N) is 5. The van der Waals surface area contributed by atoms with Crippen LogP contribution in [0.15, 0.2) is 24.3 Å². The second-order valence-corrected chi connectivity index (χ2v) is 8.91. The van der Waals surface area contributed by atoms with Gasteiger partial charge in [0.05, 0.1) is 34.7 Å². The molecule has 3 heterocycles. The summed E-state index contributed by atoms with van der Waals surface area (Å²) in [7, 11) is 0. The molecule has 0 spiro atoms. The van der Waals surface area contributed by atoms with Crippen LogP contribution in [0, 0.1) is 13.8 Å². The summed E-state index contributed by atoms with van der Waals surface area (Å²) < 4.78 is 4.30. The standard InChI is InChI=1S/C24H34N6O/c1-6-29-18(5)23(17(4)27-29)26-22(31)15-28-13-9-10-19(14-28)24-25-20-11-7-8-12-21(20)30(24)16(2)3/h7-8,11-12,16,19H,6,9-10,13-15H2,1-5H3,(H,26,31)/t19-/m0/s1. The van der Waals surface area contributed by atoms with Gasteiger partial charge in [0.25, 0.3) is 0 Å².